The van der Waals surface area contributed by atoms with Crippen molar-refractivity contribution in [2.24, 2.45) is 16.7 Å². The SMILES string of the molecule is CC1(C)C2CCC1(CS(=O)(=O)O)C(=O)C2.Oc1ccc(S)cc1.c1ccc(-c2ccccc2)cc1. The van der Waals surface area contributed by atoms with Crippen LogP contribution in [0.15, 0.2) is 89.8 Å². The number of aromatic hydroxyl groups is 1. The molecule has 0 aliphatic heterocycles. The van der Waals surface area contributed by atoms with Gasteiger partial charge in [0.15, 0.2) is 0 Å². The van der Waals surface area contributed by atoms with Crippen molar-refractivity contribution in [1.29, 1.82) is 0 Å². The molecule has 2 saturated carbocycles. The zero-order valence-corrected chi connectivity index (χ0v) is 21.7. The predicted octanol–water partition coefficient (Wildman–Crippen LogP) is 6.30. The molecule has 7 heteroatoms. The molecule has 2 bridgehead atoms. The van der Waals surface area contributed by atoms with Gasteiger partial charge in [0.05, 0.1) is 11.2 Å². The lowest BCUT2D eigenvalue weighted by Gasteiger charge is -2.35. The average Bonchev–Trinajstić information content (AvgIpc) is 3.16. The normalized spacial score (nSPS) is 21.9. The van der Waals surface area contributed by atoms with Gasteiger partial charge in [-0.1, -0.05) is 74.5 Å². The van der Waals surface area contributed by atoms with Crippen molar-refractivity contribution in [3.63, 3.8) is 0 Å². The summed E-state index contributed by atoms with van der Waals surface area (Å²) in [5, 5.41) is 8.72. The highest BCUT2D eigenvalue weighted by molar-refractivity contribution is 7.85. The van der Waals surface area contributed by atoms with E-state index in [1.807, 2.05) is 26.0 Å². The summed E-state index contributed by atoms with van der Waals surface area (Å²) in [5.41, 5.74) is 1.43. The van der Waals surface area contributed by atoms with Gasteiger partial charge >= 0.3 is 0 Å². The molecule has 3 aromatic carbocycles. The molecule has 2 aliphatic rings. The van der Waals surface area contributed by atoms with Gasteiger partial charge in [0, 0.05) is 11.3 Å². The van der Waals surface area contributed by atoms with Gasteiger partial charge < -0.3 is 5.11 Å². The molecule has 0 radical (unpaired) electrons. The third kappa shape index (κ3) is 6.54. The van der Waals surface area contributed by atoms with Crippen molar-refractivity contribution in [3.05, 3.63) is 84.9 Å². The molecular formula is C28H32O5S2. The van der Waals surface area contributed by atoms with E-state index in [-0.39, 0.29) is 22.9 Å². The number of phenolic OH excluding ortho intramolecular Hbond substituents is 1. The van der Waals surface area contributed by atoms with Gasteiger partial charge in [0.25, 0.3) is 10.1 Å². The van der Waals surface area contributed by atoms with Crippen LogP contribution in [0.3, 0.4) is 0 Å². The highest BCUT2D eigenvalue weighted by Gasteiger charge is 2.65. The highest BCUT2D eigenvalue weighted by atomic mass is 32.2. The van der Waals surface area contributed by atoms with E-state index in [1.54, 1.807) is 24.3 Å². The Morgan fingerprint density at radius 2 is 1.37 bits per heavy atom. The minimum Gasteiger partial charge on any atom is -0.508 e. The summed E-state index contributed by atoms with van der Waals surface area (Å²) in [5.74, 6) is 0.179. The summed E-state index contributed by atoms with van der Waals surface area (Å²) < 4.78 is 31.0. The van der Waals surface area contributed by atoms with Crippen LogP contribution in [0.4, 0.5) is 0 Å². The van der Waals surface area contributed by atoms with Crippen LogP contribution in [0.25, 0.3) is 11.1 Å². The predicted molar refractivity (Wildman–Crippen MR) is 142 cm³/mol. The second kappa shape index (κ2) is 11.0. The van der Waals surface area contributed by atoms with Crippen LogP contribution in [0.5, 0.6) is 5.75 Å². The first-order chi connectivity index (χ1) is 16.4. The Morgan fingerprint density at radius 1 is 0.886 bits per heavy atom. The Labute approximate surface area is 213 Å². The Morgan fingerprint density at radius 3 is 1.71 bits per heavy atom. The standard InChI is InChI=1S/C12H10.C10H16O4S.C6H6OS/c1-3-7-11(8-4-1)12-9-5-2-6-10-12;1-9(2)7-3-4-10(9,8(11)5-7)6-15(12,13)14;7-5-1-3-6(8)4-2-5/h1-10H;7H,3-6H2,1-2H3,(H,12,13,14);1-4,7-8H. The minimum atomic E-state index is -4.08. The van der Waals surface area contributed by atoms with Crippen molar-refractivity contribution in [2.75, 3.05) is 5.75 Å². The molecule has 2 atom stereocenters. The van der Waals surface area contributed by atoms with Crippen LogP contribution in [0.1, 0.15) is 33.1 Å². The smallest absolute Gasteiger partial charge is 0.265 e. The van der Waals surface area contributed by atoms with Gasteiger partial charge in [-0.3, -0.25) is 9.35 Å². The summed E-state index contributed by atoms with van der Waals surface area (Å²) in [6.45, 7) is 3.89. The second-order valence-electron chi connectivity index (χ2n) is 9.64. The topological polar surface area (TPSA) is 91.7 Å². The number of hydrogen-bond acceptors (Lipinski definition) is 5. The molecule has 5 nitrogen and oxygen atoms in total. The van der Waals surface area contributed by atoms with Crippen molar-refractivity contribution < 1.29 is 22.9 Å². The quantitative estimate of drug-likeness (QED) is 0.283. The van der Waals surface area contributed by atoms with Gasteiger partial charge in [0.1, 0.15) is 11.5 Å². The molecule has 0 heterocycles. The van der Waals surface area contributed by atoms with E-state index in [1.165, 1.54) is 11.1 Å². The van der Waals surface area contributed by atoms with Crippen molar-refractivity contribution >= 4 is 28.5 Å². The maximum absolute atomic E-state index is 11.9. The van der Waals surface area contributed by atoms with Crippen LogP contribution >= 0.6 is 12.6 Å². The lowest BCUT2D eigenvalue weighted by molar-refractivity contribution is -0.128. The molecular weight excluding hydrogens is 480 g/mol. The van der Waals surface area contributed by atoms with Crippen molar-refractivity contribution in [1.82, 2.24) is 0 Å². The maximum Gasteiger partial charge on any atom is 0.265 e. The molecule has 186 valence electrons. The molecule has 2 unspecified atom stereocenters. The van der Waals surface area contributed by atoms with Gasteiger partial charge in [0.2, 0.25) is 0 Å². The fourth-order valence-electron chi connectivity index (χ4n) is 5.13. The summed E-state index contributed by atoms with van der Waals surface area (Å²) >= 11 is 4.02. The van der Waals surface area contributed by atoms with Gasteiger partial charge in [-0.25, -0.2) is 0 Å². The molecule has 5 rings (SSSR count). The van der Waals surface area contributed by atoms with E-state index < -0.39 is 21.3 Å². The van der Waals surface area contributed by atoms with Crippen LogP contribution in [-0.4, -0.2) is 29.6 Å². The zero-order valence-electron chi connectivity index (χ0n) is 20.0. The lowest BCUT2D eigenvalue weighted by atomic mass is 9.70. The molecule has 0 spiro atoms. The Bertz CT molecular complexity index is 1160. The van der Waals surface area contributed by atoms with Crippen LogP contribution in [0.2, 0.25) is 0 Å². The van der Waals surface area contributed by atoms with Gasteiger partial charge in [-0.2, -0.15) is 8.42 Å². The van der Waals surface area contributed by atoms with E-state index in [4.69, 9.17) is 9.66 Å². The lowest BCUT2D eigenvalue weighted by Crippen LogP contribution is -2.42. The number of thiol groups is 1. The molecule has 35 heavy (non-hydrogen) atoms. The van der Waals surface area contributed by atoms with Crippen molar-refractivity contribution in [3.8, 4) is 16.9 Å². The second-order valence-corrected chi connectivity index (χ2v) is 11.6. The number of benzene rings is 3. The maximum atomic E-state index is 11.9. The van der Waals surface area contributed by atoms with E-state index >= 15 is 0 Å². The highest BCUT2D eigenvalue weighted by Crippen LogP contribution is 2.64. The number of hydrogen-bond donors (Lipinski definition) is 3. The average molecular weight is 513 g/mol. The zero-order chi connectivity index (χ0) is 25.7. The first kappa shape index (κ1) is 27.0. The molecule has 3 aromatic rings. The molecule has 2 aliphatic carbocycles. The summed E-state index contributed by atoms with van der Waals surface area (Å²) in [6.07, 6.45) is 1.97. The number of rotatable bonds is 3. The largest absolute Gasteiger partial charge is 0.508 e. The molecule has 0 amide bonds. The number of carbonyl (C=O) groups is 1. The molecule has 2 fully saturated rings. The van der Waals surface area contributed by atoms with Gasteiger partial charge in [-0.15, -0.1) is 12.6 Å². The molecule has 0 saturated heterocycles. The first-order valence-corrected chi connectivity index (χ1v) is 13.6. The van der Waals surface area contributed by atoms with Crippen molar-refractivity contribution in [2.45, 2.75) is 38.0 Å². The monoisotopic (exact) mass is 512 g/mol. The minimum absolute atomic E-state index is 0.0152. The van der Waals surface area contributed by atoms with E-state index in [9.17, 15) is 13.2 Å². The summed E-state index contributed by atoms with van der Waals surface area (Å²) in [6, 6.07) is 27.4. The van der Waals surface area contributed by atoms with Gasteiger partial charge in [-0.05, 0) is 59.6 Å². The molecule has 0 aromatic heterocycles. The fraction of sp³-hybridized carbons (Fsp3) is 0.321. The van der Waals surface area contributed by atoms with Crippen LogP contribution < -0.4 is 0 Å². The fourth-order valence-corrected chi connectivity index (χ4v) is 6.58. The summed E-state index contributed by atoms with van der Waals surface area (Å²) in [7, 11) is -4.08. The Kier molecular flexibility index (Phi) is 8.46. The Balaban J connectivity index is 0.000000154. The number of Topliss-reactive ketones (excluding diaryl/α,β-unsaturated/α-hetero) is 1. The number of ketones is 1. The third-order valence-electron chi connectivity index (χ3n) is 7.30. The van der Waals surface area contributed by atoms with Crippen LogP contribution in [0, 0.1) is 16.7 Å². The van der Waals surface area contributed by atoms with E-state index in [0.717, 1.165) is 11.3 Å². The summed E-state index contributed by atoms with van der Waals surface area (Å²) in [4.78, 5) is 12.7. The number of fused-ring (bicyclic) bond motifs is 2. The number of carbonyl (C=O) groups excluding carboxylic acids is 1. The molecule has 2 N–H and O–H groups in total. The number of phenols is 1. The van der Waals surface area contributed by atoms with Crippen LogP contribution in [-0.2, 0) is 14.9 Å². The van der Waals surface area contributed by atoms with E-state index in [2.05, 4.69) is 61.2 Å². The third-order valence-corrected chi connectivity index (χ3v) is 8.45. The first-order valence-electron chi connectivity index (χ1n) is 11.5. The van der Waals surface area contributed by atoms with E-state index in [0.29, 0.717) is 12.8 Å². The Hall–Kier alpha value is -2.61.